The topological polar surface area (TPSA) is 44.5 Å². The Kier molecular flexibility index (Phi) is 2.28. The summed E-state index contributed by atoms with van der Waals surface area (Å²) in [7, 11) is 0. The summed E-state index contributed by atoms with van der Waals surface area (Å²) in [4.78, 5) is 0. The van der Waals surface area contributed by atoms with E-state index in [1.807, 2.05) is 6.07 Å². The van der Waals surface area contributed by atoms with Crippen LogP contribution in [0.1, 0.15) is 24.8 Å². The molecule has 0 atom stereocenters. The first-order valence-corrected chi connectivity index (χ1v) is 5.94. The molecule has 3 heteroatoms. The monoisotopic (exact) mass is 219 g/mol. The number of rotatable bonds is 3. The van der Waals surface area contributed by atoms with Gasteiger partial charge in [-0.05, 0) is 48.9 Å². The van der Waals surface area contributed by atoms with E-state index in [0.29, 0.717) is 18.6 Å². The van der Waals surface area contributed by atoms with Crippen molar-refractivity contribution in [3.63, 3.8) is 0 Å². The molecule has 1 aromatic carbocycles. The molecule has 1 aliphatic heterocycles. The van der Waals surface area contributed by atoms with E-state index in [-0.39, 0.29) is 0 Å². The van der Waals surface area contributed by atoms with Crippen molar-refractivity contribution in [1.82, 2.24) is 0 Å². The van der Waals surface area contributed by atoms with Crippen molar-refractivity contribution in [2.75, 3.05) is 19.8 Å². The molecule has 16 heavy (non-hydrogen) atoms. The average Bonchev–Trinajstić information content (AvgIpc) is 3.10. The molecule has 0 saturated heterocycles. The molecule has 1 heterocycles. The predicted octanol–water partition coefficient (Wildman–Crippen LogP) is 1.84. The molecular formula is C13H17NO2. The molecule has 0 spiro atoms. The summed E-state index contributed by atoms with van der Waals surface area (Å²) in [6.07, 6.45) is 3.58. The summed E-state index contributed by atoms with van der Waals surface area (Å²) in [5.41, 5.74) is 7.37. The molecule has 86 valence electrons. The summed E-state index contributed by atoms with van der Waals surface area (Å²) in [6, 6.07) is 6.33. The Balaban J connectivity index is 1.91. The second-order valence-electron chi connectivity index (χ2n) is 4.68. The lowest BCUT2D eigenvalue weighted by Crippen LogP contribution is -2.17. The number of benzene rings is 1. The van der Waals surface area contributed by atoms with Crippen LogP contribution in [0.25, 0.3) is 0 Å². The molecule has 0 amide bonds. The number of fused-ring (bicyclic) bond motifs is 1. The van der Waals surface area contributed by atoms with Crippen molar-refractivity contribution in [1.29, 1.82) is 0 Å². The molecular weight excluding hydrogens is 202 g/mol. The minimum absolute atomic E-state index is 0.338. The summed E-state index contributed by atoms with van der Waals surface area (Å²) >= 11 is 0. The fraction of sp³-hybridized carbons (Fsp3) is 0.538. The summed E-state index contributed by atoms with van der Waals surface area (Å²) in [5.74, 6) is 1.77. The van der Waals surface area contributed by atoms with Gasteiger partial charge in [0.15, 0.2) is 11.5 Å². The molecule has 1 saturated carbocycles. The number of nitrogens with two attached hydrogens (primary N) is 1. The van der Waals surface area contributed by atoms with Crippen molar-refractivity contribution < 1.29 is 9.47 Å². The lowest BCUT2D eigenvalue weighted by Gasteiger charge is -2.21. The molecule has 1 fully saturated rings. The van der Waals surface area contributed by atoms with Gasteiger partial charge in [-0.3, -0.25) is 0 Å². The van der Waals surface area contributed by atoms with Gasteiger partial charge in [-0.15, -0.1) is 0 Å². The van der Waals surface area contributed by atoms with Crippen molar-refractivity contribution >= 4 is 0 Å². The van der Waals surface area contributed by atoms with Gasteiger partial charge in [0.1, 0.15) is 13.2 Å². The zero-order valence-electron chi connectivity index (χ0n) is 9.37. The van der Waals surface area contributed by atoms with Crippen LogP contribution in [-0.4, -0.2) is 19.8 Å². The van der Waals surface area contributed by atoms with Crippen LogP contribution in [0.2, 0.25) is 0 Å². The van der Waals surface area contributed by atoms with Crippen molar-refractivity contribution in [3.8, 4) is 11.5 Å². The normalized spacial score (nSPS) is 20.6. The fourth-order valence-corrected chi connectivity index (χ4v) is 2.48. The Morgan fingerprint density at radius 2 is 1.88 bits per heavy atom. The van der Waals surface area contributed by atoms with Crippen LogP contribution in [0.15, 0.2) is 18.2 Å². The molecule has 2 N–H and O–H groups in total. The fourth-order valence-electron chi connectivity index (χ4n) is 2.48. The third-order valence-corrected chi connectivity index (χ3v) is 3.63. The zero-order valence-corrected chi connectivity index (χ0v) is 9.37. The summed E-state index contributed by atoms with van der Waals surface area (Å²) in [6.45, 7) is 2.06. The first kappa shape index (κ1) is 9.97. The van der Waals surface area contributed by atoms with Crippen molar-refractivity contribution in [3.05, 3.63) is 23.8 Å². The van der Waals surface area contributed by atoms with Gasteiger partial charge in [-0.1, -0.05) is 6.07 Å². The smallest absolute Gasteiger partial charge is 0.161 e. The van der Waals surface area contributed by atoms with Gasteiger partial charge in [-0.2, -0.15) is 0 Å². The van der Waals surface area contributed by atoms with E-state index in [1.54, 1.807) is 0 Å². The van der Waals surface area contributed by atoms with Gasteiger partial charge in [-0.25, -0.2) is 0 Å². The second kappa shape index (κ2) is 3.67. The maximum absolute atomic E-state index is 5.67. The van der Waals surface area contributed by atoms with E-state index < -0.39 is 0 Å². The molecule has 1 aromatic rings. The highest BCUT2D eigenvalue weighted by molar-refractivity contribution is 5.47. The number of ether oxygens (including phenoxy) is 2. The maximum Gasteiger partial charge on any atom is 0.161 e. The second-order valence-corrected chi connectivity index (χ2v) is 4.68. The van der Waals surface area contributed by atoms with Crippen LogP contribution in [0.5, 0.6) is 11.5 Å². The lowest BCUT2D eigenvalue weighted by molar-refractivity contribution is 0.171. The van der Waals surface area contributed by atoms with Gasteiger partial charge in [0.25, 0.3) is 0 Å². The average molecular weight is 219 g/mol. The Bertz CT molecular complexity index is 399. The van der Waals surface area contributed by atoms with Gasteiger partial charge in [0.2, 0.25) is 0 Å². The van der Waals surface area contributed by atoms with Crippen LogP contribution in [0.3, 0.4) is 0 Å². The van der Waals surface area contributed by atoms with E-state index in [9.17, 15) is 0 Å². The first-order chi connectivity index (χ1) is 7.84. The molecule has 0 aromatic heterocycles. The quantitative estimate of drug-likeness (QED) is 0.843. The van der Waals surface area contributed by atoms with Gasteiger partial charge < -0.3 is 15.2 Å². The molecule has 2 aliphatic rings. The number of hydrogen-bond donors (Lipinski definition) is 1. The van der Waals surface area contributed by atoms with Crippen molar-refractivity contribution in [2.24, 2.45) is 5.73 Å². The van der Waals surface area contributed by atoms with Gasteiger partial charge in [0, 0.05) is 0 Å². The zero-order chi connectivity index (χ0) is 11.0. The maximum atomic E-state index is 5.67. The van der Waals surface area contributed by atoms with E-state index in [2.05, 4.69) is 12.1 Å². The Morgan fingerprint density at radius 3 is 2.56 bits per heavy atom. The van der Waals surface area contributed by atoms with Gasteiger partial charge >= 0.3 is 0 Å². The number of hydrogen-bond acceptors (Lipinski definition) is 3. The van der Waals surface area contributed by atoms with Crippen molar-refractivity contribution in [2.45, 2.75) is 24.7 Å². The minimum atomic E-state index is 0.338. The lowest BCUT2D eigenvalue weighted by atomic mass is 9.92. The van der Waals surface area contributed by atoms with Gasteiger partial charge in [0.05, 0.1) is 0 Å². The molecule has 0 unspecified atom stereocenters. The molecule has 1 aliphatic carbocycles. The SMILES string of the molecule is NCCC1(c2ccc3c(c2)OCCO3)CC1. The highest BCUT2D eigenvalue weighted by atomic mass is 16.6. The van der Waals surface area contributed by atoms with Crippen LogP contribution < -0.4 is 15.2 Å². The predicted molar refractivity (Wildman–Crippen MR) is 62.0 cm³/mol. The van der Waals surface area contributed by atoms with Crippen LogP contribution in [0.4, 0.5) is 0 Å². The van der Waals surface area contributed by atoms with Crippen LogP contribution >= 0.6 is 0 Å². The Labute approximate surface area is 95.5 Å². The Hall–Kier alpha value is -1.22. The largest absolute Gasteiger partial charge is 0.486 e. The standard InChI is InChI=1S/C13H17NO2/c14-6-5-13(3-4-13)10-1-2-11-12(9-10)16-8-7-15-11/h1-2,9H,3-8,14H2. The molecule has 3 nitrogen and oxygen atoms in total. The first-order valence-electron chi connectivity index (χ1n) is 5.94. The van der Waals surface area contributed by atoms with E-state index >= 15 is 0 Å². The highest BCUT2D eigenvalue weighted by Crippen LogP contribution is 2.52. The molecule has 3 rings (SSSR count). The third kappa shape index (κ3) is 1.55. The molecule has 0 bridgehead atoms. The molecule has 0 radical (unpaired) electrons. The van der Waals surface area contributed by atoms with E-state index in [4.69, 9.17) is 15.2 Å². The summed E-state index contributed by atoms with van der Waals surface area (Å²) in [5, 5.41) is 0. The summed E-state index contributed by atoms with van der Waals surface area (Å²) < 4.78 is 11.1. The van der Waals surface area contributed by atoms with E-state index in [1.165, 1.54) is 18.4 Å². The van der Waals surface area contributed by atoms with Crippen LogP contribution in [-0.2, 0) is 5.41 Å². The highest BCUT2D eigenvalue weighted by Gasteiger charge is 2.43. The third-order valence-electron chi connectivity index (χ3n) is 3.63. The Morgan fingerprint density at radius 1 is 1.12 bits per heavy atom. The van der Waals surface area contributed by atoms with E-state index in [0.717, 1.165) is 24.5 Å². The minimum Gasteiger partial charge on any atom is -0.486 e. The van der Waals surface area contributed by atoms with Crippen LogP contribution in [0, 0.1) is 0 Å².